The second-order valence-corrected chi connectivity index (χ2v) is 11.1. The monoisotopic (exact) mass is 429 g/mol. The molecule has 0 rings (SSSR count). The summed E-state index contributed by atoms with van der Waals surface area (Å²) in [6, 6.07) is 1.12. The van der Waals surface area contributed by atoms with Crippen molar-refractivity contribution in [2.24, 2.45) is 0 Å². The molecule has 0 aromatic rings. The lowest BCUT2D eigenvalue weighted by atomic mass is 10.0. The van der Waals surface area contributed by atoms with E-state index in [1.54, 1.807) is 0 Å². The summed E-state index contributed by atoms with van der Waals surface area (Å²) in [5.74, 6) is 0. The van der Waals surface area contributed by atoms with E-state index in [4.69, 9.17) is 8.85 Å². The van der Waals surface area contributed by atoms with Crippen LogP contribution in [0.15, 0.2) is 0 Å². The Morgan fingerprint density at radius 3 is 1.31 bits per heavy atom. The van der Waals surface area contributed by atoms with Gasteiger partial charge in [-0.05, 0) is 39.2 Å². The number of quaternary nitrogens is 1. The first kappa shape index (κ1) is 29.1. The Kier molecular flexibility index (Phi) is 21.4. The smallest absolute Gasteiger partial charge is 0.384 e. The molecule has 4 heteroatoms. The molecule has 0 atom stereocenters. The maximum absolute atomic E-state index is 5.76. The summed E-state index contributed by atoms with van der Waals surface area (Å²) >= 11 is 0. The van der Waals surface area contributed by atoms with Gasteiger partial charge in [-0.25, -0.2) is 0 Å². The highest BCUT2D eigenvalue weighted by Gasteiger charge is 2.19. The molecule has 0 aliphatic heterocycles. The third kappa shape index (κ3) is 21.1. The minimum absolute atomic E-state index is 0.783. The standard InChI is InChI=1S/C25H55NO2Si/c1-6-9-10-11-12-13-14-15-16-17-18-19-20-21-23-26(4,5)24-22-25-29(27-7-2)28-8-3/h6-25H2,1-5H3/q+1. The number of unbranched alkanes of at least 4 members (excludes halogenated alkanes) is 13. The number of hydrogen-bond acceptors (Lipinski definition) is 2. The van der Waals surface area contributed by atoms with Gasteiger partial charge in [0.15, 0.2) is 0 Å². The van der Waals surface area contributed by atoms with Crippen LogP contribution < -0.4 is 0 Å². The van der Waals surface area contributed by atoms with Gasteiger partial charge in [0.2, 0.25) is 0 Å². The van der Waals surface area contributed by atoms with Gasteiger partial charge >= 0.3 is 9.28 Å². The third-order valence-corrected chi connectivity index (χ3v) is 7.86. The maximum Gasteiger partial charge on any atom is 0.384 e. The van der Waals surface area contributed by atoms with Crippen molar-refractivity contribution < 1.29 is 13.3 Å². The summed E-state index contributed by atoms with van der Waals surface area (Å²) in [6.07, 6.45) is 21.4. The molecule has 0 aromatic carbocycles. The first-order valence-electron chi connectivity index (χ1n) is 13.0. The largest absolute Gasteiger partial charge is 0.394 e. The van der Waals surface area contributed by atoms with Crippen LogP contribution in [-0.4, -0.2) is 54.2 Å². The van der Waals surface area contributed by atoms with Crippen LogP contribution in [0, 0.1) is 0 Å². The highest BCUT2D eigenvalue weighted by molar-refractivity contribution is 6.44. The van der Waals surface area contributed by atoms with Crippen LogP contribution in [0.2, 0.25) is 6.04 Å². The molecule has 0 bridgehead atoms. The SMILES string of the molecule is CCCCCCCCCCCCCCCC[N+](C)(C)CCC[Si](OCC)OCC. The fraction of sp³-hybridized carbons (Fsp3) is 1.00. The van der Waals surface area contributed by atoms with Gasteiger partial charge in [-0.2, -0.15) is 0 Å². The van der Waals surface area contributed by atoms with Crippen molar-refractivity contribution in [1.82, 2.24) is 0 Å². The molecule has 0 aromatic heterocycles. The van der Waals surface area contributed by atoms with Crippen LogP contribution in [0.1, 0.15) is 117 Å². The van der Waals surface area contributed by atoms with Crippen molar-refractivity contribution in [1.29, 1.82) is 0 Å². The molecule has 0 amide bonds. The summed E-state index contributed by atoms with van der Waals surface area (Å²) < 4.78 is 12.7. The Morgan fingerprint density at radius 2 is 0.897 bits per heavy atom. The molecule has 29 heavy (non-hydrogen) atoms. The van der Waals surface area contributed by atoms with Gasteiger partial charge < -0.3 is 13.3 Å². The minimum atomic E-state index is -1.03. The highest BCUT2D eigenvalue weighted by atomic mass is 28.3. The first-order valence-corrected chi connectivity index (χ1v) is 14.5. The molecule has 0 spiro atoms. The molecule has 1 radical (unpaired) electrons. The van der Waals surface area contributed by atoms with E-state index in [1.807, 2.05) is 0 Å². The van der Waals surface area contributed by atoms with Gasteiger partial charge in [-0.15, -0.1) is 0 Å². The number of rotatable bonds is 23. The van der Waals surface area contributed by atoms with E-state index in [2.05, 4.69) is 34.9 Å². The maximum atomic E-state index is 5.76. The molecule has 175 valence electrons. The van der Waals surface area contributed by atoms with Crippen molar-refractivity contribution in [3.63, 3.8) is 0 Å². The lowest BCUT2D eigenvalue weighted by Gasteiger charge is -2.30. The second kappa shape index (κ2) is 21.3. The van der Waals surface area contributed by atoms with E-state index in [0.717, 1.165) is 23.7 Å². The van der Waals surface area contributed by atoms with E-state index in [1.165, 1.54) is 109 Å². The zero-order valence-electron chi connectivity index (χ0n) is 20.9. The summed E-state index contributed by atoms with van der Waals surface area (Å²) in [6.45, 7) is 10.6. The number of nitrogens with zero attached hydrogens (tertiary/aromatic N) is 1. The Hall–Kier alpha value is 0.0969. The van der Waals surface area contributed by atoms with Crippen LogP contribution in [0.25, 0.3) is 0 Å². The molecule has 0 unspecified atom stereocenters. The molecule has 0 saturated heterocycles. The molecule has 0 heterocycles. The van der Waals surface area contributed by atoms with Crippen molar-refractivity contribution in [3.05, 3.63) is 0 Å². The molecule has 0 fully saturated rings. The zero-order valence-corrected chi connectivity index (χ0v) is 21.9. The average Bonchev–Trinajstić information content (AvgIpc) is 2.68. The van der Waals surface area contributed by atoms with E-state index < -0.39 is 9.28 Å². The Balaban J connectivity index is 3.45. The predicted octanol–water partition coefficient (Wildman–Crippen LogP) is 7.50. The second-order valence-electron chi connectivity index (χ2n) is 9.32. The fourth-order valence-electron chi connectivity index (χ4n) is 4.01. The van der Waals surface area contributed by atoms with E-state index >= 15 is 0 Å². The van der Waals surface area contributed by atoms with Crippen LogP contribution in [0.5, 0.6) is 0 Å². The highest BCUT2D eigenvalue weighted by Crippen LogP contribution is 2.14. The van der Waals surface area contributed by atoms with Gasteiger partial charge in [0.05, 0.1) is 27.2 Å². The summed E-state index contributed by atoms with van der Waals surface area (Å²) in [4.78, 5) is 0. The van der Waals surface area contributed by atoms with E-state index in [0.29, 0.717) is 0 Å². The lowest BCUT2D eigenvalue weighted by molar-refractivity contribution is -0.890. The molecule has 0 N–H and O–H groups in total. The fourth-order valence-corrected chi connectivity index (χ4v) is 5.47. The molecule has 0 saturated carbocycles. The van der Waals surface area contributed by atoms with Crippen molar-refractivity contribution in [2.75, 3.05) is 40.4 Å². The predicted molar refractivity (Wildman–Crippen MR) is 131 cm³/mol. The zero-order chi connectivity index (χ0) is 21.6. The minimum Gasteiger partial charge on any atom is -0.394 e. The van der Waals surface area contributed by atoms with Crippen molar-refractivity contribution in [2.45, 2.75) is 123 Å². The van der Waals surface area contributed by atoms with Crippen LogP contribution in [0.3, 0.4) is 0 Å². The van der Waals surface area contributed by atoms with E-state index in [-0.39, 0.29) is 0 Å². The first-order chi connectivity index (χ1) is 14.1. The van der Waals surface area contributed by atoms with Crippen molar-refractivity contribution >= 4 is 9.28 Å². The third-order valence-electron chi connectivity index (χ3n) is 5.87. The quantitative estimate of drug-likeness (QED) is 0.0951. The van der Waals surface area contributed by atoms with Crippen LogP contribution in [0.4, 0.5) is 0 Å². The van der Waals surface area contributed by atoms with Gasteiger partial charge in [0.1, 0.15) is 0 Å². The van der Waals surface area contributed by atoms with Crippen LogP contribution in [-0.2, 0) is 8.85 Å². The molecule has 0 aliphatic rings. The normalized spacial score (nSPS) is 12.2. The van der Waals surface area contributed by atoms with Crippen LogP contribution >= 0.6 is 0 Å². The molecular formula is C25H55NO2Si+. The Morgan fingerprint density at radius 1 is 0.517 bits per heavy atom. The van der Waals surface area contributed by atoms with Gasteiger partial charge in [-0.1, -0.05) is 84.0 Å². The molecule has 0 aliphatic carbocycles. The van der Waals surface area contributed by atoms with E-state index in [9.17, 15) is 0 Å². The van der Waals surface area contributed by atoms with Crippen molar-refractivity contribution in [3.8, 4) is 0 Å². The molecular weight excluding hydrogens is 374 g/mol. The summed E-state index contributed by atoms with van der Waals surface area (Å²) in [5, 5.41) is 0. The Labute approximate surface area is 186 Å². The van der Waals surface area contributed by atoms with Gasteiger partial charge in [0, 0.05) is 13.2 Å². The summed E-state index contributed by atoms with van der Waals surface area (Å²) in [7, 11) is 3.74. The molecule has 3 nitrogen and oxygen atoms in total. The average molecular weight is 430 g/mol. The van der Waals surface area contributed by atoms with Gasteiger partial charge in [0.25, 0.3) is 0 Å². The number of hydrogen-bond donors (Lipinski definition) is 0. The van der Waals surface area contributed by atoms with Gasteiger partial charge in [-0.3, -0.25) is 0 Å². The lowest BCUT2D eigenvalue weighted by Crippen LogP contribution is -2.41. The summed E-state index contributed by atoms with van der Waals surface area (Å²) in [5.41, 5.74) is 0. The Bertz CT molecular complexity index is 320. The topological polar surface area (TPSA) is 18.5 Å².